The van der Waals surface area contributed by atoms with Crippen LogP contribution < -0.4 is 10.6 Å². The van der Waals surface area contributed by atoms with Gasteiger partial charge in [-0.3, -0.25) is 4.79 Å². The maximum Gasteiger partial charge on any atom is 0.246 e. The number of rotatable bonds is 2. The Labute approximate surface area is 106 Å². The van der Waals surface area contributed by atoms with Crippen molar-refractivity contribution in [2.75, 3.05) is 11.9 Å². The van der Waals surface area contributed by atoms with Gasteiger partial charge in [0.05, 0.1) is 5.54 Å². The summed E-state index contributed by atoms with van der Waals surface area (Å²) in [5, 5.41) is 0. The molecule has 2 N–H and O–H groups in total. The van der Waals surface area contributed by atoms with Crippen LogP contribution in [0.1, 0.15) is 19.3 Å². The van der Waals surface area contributed by atoms with Crippen LogP contribution in [0.2, 0.25) is 0 Å². The van der Waals surface area contributed by atoms with Crippen LogP contribution in [0.5, 0.6) is 0 Å². The Morgan fingerprint density at radius 3 is 2.29 bits per heavy atom. The van der Waals surface area contributed by atoms with Gasteiger partial charge in [0.2, 0.25) is 5.91 Å². The number of benzene rings is 1. The quantitative estimate of drug-likeness (QED) is 0.883. The number of nitrogens with zero attached hydrogens (tertiary/aromatic N) is 1. The van der Waals surface area contributed by atoms with Crippen molar-refractivity contribution in [3.63, 3.8) is 0 Å². The highest BCUT2D eigenvalue weighted by atomic mass is 35.5. The lowest BCUT2D eigenvalue weighted by molar-refractivity contribution is -0.126. The van der Waals surface area contributed by atoms with Crippen LogP contribution in [0.3, 0.4) is 0 Å². The molecule has 1 amide bonds. The molecule has 17 heavy (non-hydrogen) atoms. The number of carbonyl (C=O) groups is 1. The number of hydrogen-bond acceptors (Lipinski definition) is 2. The third-order valence-corrected chi connectivity index (χ3v) is 3.19. The minimum absolute atomic E-state index is 0. The van der Waals surface area contributed by atoms with Crippen molar-refractivity contribution >= 4 is 24.0 Å². The van der Waals surface area contributed by atoms with Crippen molar-refractivity contribution in [1.29, 1.82) is 0 Å². The SMILES string of the molecule is CN(C(=O)C1(N)CCC1)c1ccc(F)cc1.Cl. The van der Waals surface area contributed by atoms with Gasteiger partial charge in [-0.05, 0) is 43.5 Å². The van der Waals surface area contributed by atoms with Crippen LogP contribution in [0.4, 0.5) is 10.1 Å². The minimum atomic E-state index is -0.705. The summed E-state index contributed by atoms with van der Waals surface area (Å²) >= 11 is 0. The van der Waals surface area contributed by atoms with E-state index < -0.39 is 5.54 Å². The van der Waals surface area contributed by atoms with Crippen molar-refractivity contribution in [3.8, 4) is 0 Å². The van der Waals surface area contributed by atoms with E-state index in [1.165, 1.54) is 17.0 Å². The zero-order valence-electron chi connectivity index (χ0n) is 9.65. The van der Waals surface area contributed by atoms with Gasteiger partial charge in [-0.25, -0.2) is 4.39 Å². The van der Waals surface area contributed by atoms with E-state index in [0.29, 0.717) is 5.69 Å². The summed E-state index contributed by atoms with van der Waals surface area (Å²) in [6.07, 6.45) is 2.47. The van der Waals surface area contributed by atoms with Gasteiger partial charge in [0.25, 0.3) is 0 Å². The molecule has 5 heteroatoms. The summed E-state index contributed by atoms with van der Waals surface area (Å²) < 4.78 is 12.7. The zero-order valence-corrected chi connectivity index (χ0v) is 10.5. The molecular formula is C12H16ClFN2O. The lowest BCUT2D eigenvalue weighted by Gasteiger charge is -2.39. The van der Waals surface area contributed by atoms with Gasteiger partial charge >= 0.3 is 0 Å². The van der Waals surface area contributed by atoms with Gasteiger partial charge in [0, 0.05) is 12.7 Å². The van der Waals surface area contributed by atoms with Crippen molar-refractivity contribution in [1.82, 2.24) is 0 Å². The fourth-order valence-corrected chi connectivity index (χ4v) is 1.89. The Morgan fingerprint density at radius 1 is 1.35 bits per heavy atom. The summed E-state index contributed by atoms with van der Waals surface area (Å²) in [6.45, 7) is 0. The standard InChI is InChI=1S/C12H15FN2O.ClH/c1-15(10-5-3-9(13)4-6-10)11(16)12(14)7-2-8-12;/h3-6H,2,7-8,14H2,1H3;1H. The van der Waals surface area contributed by atoms with Gasteiger partial charge in [-0.2, -0.15) is 0 Å². The highest BCUT2D eigenvalue weighted by Crippen LogP contribution is 2.31. The van der Waals surface area contributed by atoms with E-state index in [2.05, 4.69) is 0 Å². The largest absolute Gasteiger partial charge is 0.317 e. The van der Waals surface area contributed by atoms with E-state index in [1.54, 1.807) is 19.2 Å². The van der Waals surface area contributed by atoms with Crippen molar-refractivity contribution in [2.45, 2.75) is 24.8 Å². The van der Waals surface area contributed by atoms with Crippen molar-refractivity contribution in [2.24, 2.45) is 5.73 Å². The first-order valence-electron chi connectivity index (χ1n) is 5.35. The Hall–Kier alpha value is -1.13. The number of carbonyl (C=O) groups excluding carboxylic acids is 1. The van der Waals surface area contributed by atoms with Crippen LogP contribution in [0, 0.1) is 5.82 Å². The summed E-state index contributed by atoms with van der Waals surface area (Å²) in [6, 6.07) is 5.83. The monoisotopic (exact) mass is 258 g/mol. The maximum absolute atomic E-state index is 12.7. The normalized spacial score (nSPS) is 16.6. The number of nitrogens with two attached hydrogens (primary N) is 1. The molecule has 0 radical (unpaired) electrons. The maximum atomic E-state index is 12.7. The first kappa shape index (κ1) is 13.9. The molecule has 2 rings (SSSR count). The molecule has 0 saturated heterocycles. The Bertz CT molecular complexity index is 403. The second-order valence-electron chi connectivity index (χ2n) is 4.35. The van der Waals surface area contributed by atoms with Crippen LogP contribution in [-0.4, -0.2) is 18.5 Å². The van der Waals surface area contributed by atoms with Crippen molar-refractivity contribution in [3.05, 3.63) is 30.1 Å². The molecule has 94 valence electrons. The Balaban J connectivity index is 0.00000144. The molecule has 1 aromatic rings. The molecule has 0 spiro atoms. The fourth-order valence-electron chi connectivity index (χ4n) is 1.89. The first-order chi connectivity index (χ1) is 7.53. The van der Waals surface area contributed by atoms with Gasteiger partial charge in [-0.1, -0.05) is 0 Å². The Morgan fingerprint density at radius 2 is 1.88 bits per heavy atom. The second-order valence-corrected chi connectivity index (χ2v) is 4.35. The molecule has 1 saturated carbocycles. The zero-order chi connectivity index (χ0) is 11.8. The number of amides is 1. The molecule has 0 heterocycles. The summed E-state index contributed by atoms with van der Waals surface area (Å²) in [7, 11) is 1.67. The first-order valence-corrected chi connectivity index (χ1v) is 5.35. The van der Waals surface area contributed by atoms with Crippen molar-refractivity contribution < 1.29 is 9.18 Å². The third-order valence-electron chi connectivity index (χ3n) is 3.19. The summed E-state index contributed by atoms with van der Waals surface area (Å²) in [4.78, 5) is 13.5. The van der Waals surface area contributed by atoms with E-state index in [4.69, 9.17) is 5.73 Å². The van der Waals surface area contributed by atoms with E-state index in [-0.39, 0.29) is 24.1 Å². The Kier molecular flexibility index (Phi) is 4.11. The number of likely N-dealkylation sites (N-methyl/N-ethyl adjacent to an activating group) is 1. The van der Waals surface area contributed by atoms with E-state index in [1.807, 2.05) is 0 Å². The second kappa shape index (κ2) is 5.02. The molecule has 1 fully saturated rings. The molecule has 3 nitrogen and oxygen atoms in total. The average molecular weight is 259 g/mol. The van der Waals surface area contributed by atoms with Gasteiger partial charge in [0.15, 0.2) is 0 Å². The van der Waals surface area contributed by atoms with Crippen LogP contribution in [0.25, 0.3) is 0 Å². The molecule has 1 aliphatic carbocycles. The topological polar surface area (TPSA) is 46.3 Å². The van der Waals surface area contributed by atoms with E-state index in [9.17, 15) is 9.18 Å². The van der Waals surface area contributed by atoms with Crippen LogP contribution in [0.15, 0.2) is 24.3 Å². The molecule has 1 aromatic carbocycles. The van der Waals surface area contributed by atoms with Crippen LogP contribution >= 0.6 is 12.4 Å². The van der Waals surface area contributed by atoms with Gasteiger partial charge in [-0.15, -0.1) is 12.4 Å². The predicted molar refractivity (Wildman–Crippen MR) is 67.8 cm³/mol. The van der Waals surface area contributed by atoms with Gasteiger partial charge < -0.3 is 10.6 Å². The molecular weight excluding hydrogens is 243 g/mol. The summed E-state index contributed by atoms with van der Waals surface area (Å²) in [5.74, 6) is -0.402. The fraction of sp³-hybridized carbons (Fsp3) is 0.417. The van der Waals surface area contributed by atoms with E-state index >= 15 is 0 Å². The highest BCUT2D eigenvalue weighted by Gasteiger charge is 2.42. The molecule has 0 aliphatic heterocycles. The number of hydrogen-bond donors (Lipinski definition) is 1. The summed E-state index contributed by atoms with van der Waals surface area (Å²) in [5.41, 5.74) is 5.91. The lowest BCUT2D eigenvalue weighted by Crippen LogP contribution is -2.59. The molecule has 0 aromatic heterocycles. The predicted octanol–water partition coefficient (Wildman–Crippen LogP) is 2.09. The number of anilines is 1. The average Bonchev–Trinajstić information content (AvgIpc) is 2.25. The molecule has 0 unspecified atom stereocenters. The molecule has 1 aliphatic rings. The van der Waals surface area contributed by atoms with Gasteiger partial charge in [0.1, 0.15) is 5.82 Å². The smallest absolute Gasteiger partial charge is 0.246 e. The molecule has 0 bridgehead atoms. The minimum Gasteiger partial charge on any atom is -0.317 e. The lowest BCUT2D eigenvalue weighted by atomic mass is 9.76. The van der Waals surface area contributed by atoms with Crippen LogP contribution in [-0.2, 0) is 4.79 Å². The molecule has 0 atom stereocenters. The van der Waals surface area contributed by atoms with E-state index in [0.717, 1.165) is 19.3 Å². The third kappa shape index (κ3) is 2.58. The number of halogens is 2. The highest BCUT2D eigenvalue weighted by molar-refractivity contribution is 6.00.